The van der Waals surface area contributed by atoms with Crippen molar-refractivity contribution >= 4 is 49.4 Å². The zero-order chi connectivity index (χ0) is 18.5. The Hall–Kier alpha value is -2.58. The molecule has 0 bridgehead atoms. The fourth-order valence-corrected chi connectivity index (χ4v) is 2.76. The third-order valence-electron chi connectivity index (χ3n) is 3.23. The summed E-state index contributed by atoms with van der Waals surface area (Å²) < 4.78 is 6.69. The van der Waals surface area contributed by atoms with E-state index in [4.69, 9.17) is 4.74 Å². The number of nitrogens with zero attached hydrogens (tertiary/aromatic N) is 2. The summed E-state index contributed by atoms with van der Waals surface area (Å²) in [6.07, 6.45) is 6.08. The number of aromatic nitrogens is 2. The zero-order valence-corrected chi connectivity index (χ0v) is 16.3. The fourth-order valence-electron chi connectivity index (χ4n) is 2.04. The van der Waals surface area contributed by atoms with Crippen LogP contribution in [0.3, 0.4) is 0 Å². The van der Waals surface area contributed by atoms with Gasteiger partial charge in [-0.05, 0) is 68.3 Å². The van der Waals surface area contributed by atoms with Crippen LogP contribution in [0, 0.1) is 0 Å². The average Bonchev–Trinajstić information content (AvgIpc) is 2.63. The van der Waals surface area contributed by atoms with Crippen molar-refractivity contribution in [1.29, 1.82) is 0 Å². The Morgan fingerprint density at radius 2 is 1.42 bits per heavy atom. The molecule has 0 radical (unpaired) electrons. The maximum Gasteiger partial charge on any atom is 0.345 e. The van der Waals surface area contributed by atoms with E-state index in [1.807, 2.05) is 0 Å². The van der Waals surface area contributed by atoms with E-state index in [-0.39, 0.29) is 5.91 Å². The Morgan fingerprint density at radius 1 is 0.846 bits per heavy atom. The number of carbonyl (C=O) groups excluding carboxylic acids is 2. The number of pyridine rings is 2. The minimum atomic E-state index is -0.518. The first-order valence-corrected chi connectivity index (χ1v) is 8.94. The zero-order valence-electron chi connectivity index (χ0n) is 13.1. The second-order valence-corrected chi connectivity index (χ2v) is 6.98. The molecule has 26 heavy (non-hydrogen) atoms. The highest BCUT2D eigenvalue weighted by Crippen LogP contribution is 2.19. The lowest BCUT2D eigenvalue weighted by Crippen LogP contribution is -2.12. The summed E-state index contributed by atoms with van der Waals surface area (Å²) in [5.74, 6) is -0.448. The van der Waals surface area contributed by atoms with E-state index < -0.39 is 5.97 Å². The van der Waals surface area contributed by atoms with Gasteiger partial charge in [-0.15, -0.1) is 0 Å². The molecule has 1 amide bonds. The molecular formula is C18H11Br2N3O3. The molecule has 1 aromatic carbocycles. The molecule has 0 saturated heterocycles. The molecule has 6 nitrogen and oxygen atoms in total. The molecular weight excluding hydrogens is 466 g/mol. The number of ether oxygens (including phenoxy) is 1. The predicted molar refractivity (Wildman–Crippen MR) is 103 cm³/mol. The maximum atomic E-state index is 12.2. The minimum absolute atomic E-state index is 0.288. The quantitative estimate of drug-likeness (QED) is 0.443. The summed E-state index contributed by atoms with van der Waals surface area (Å²) in [5, 5.41) is 2.75. The topological polar surface area (TPSA) is 81.2 Å². The summed E-state index contributed by atoms with van der Waals surface area (Å²) in [5.41, 5.74) is 1.33. The van der Waals surface area contributed by atoms with Gasteiger partial charge in [0.25, 0.3) is 5.91 Å². The molecule has 2 heterocycles. The van der Waals surface area contributed by atoms with E-state index in [0.29, 0.717) is 27.0 Å². The molecule has 130 valence electrons. The van der Waals surface area contributed by atoms with Crippen LogP contribution in [0.5, 0.6) is 5.75 Å². The first kappa shape index (κ1) is 18.2. The highest BCUT2D eigenvalue weighted by molar-refractivity contribution is 9.10. The number of amides is 1. The number of hydrogen-bond donors (Lipinski definition) is 1. The van der Waals surface area contributed by atoms with Gasteiger partial charge in [0.1, 0.15) is 5.75 Å². The number of esters is 1. The second kappa shape index (κ2) is 8.20. The molecule has 3 aromatic rings. The van der Waals surface area contributed by atoms with Crippen LogP contribution in [-0.4, -0.2) is 21.8 Å². The van der Waals surface area contributed by atoms with Gasteiger partial charge in [0.15, 0.2) is 0 Å². The molecule has 0 unspecified atom stereocenters. The van der Waals surface area contributed by atoms with Crippen molar-refractivity contribution in [2.75, 3.05) is 5.32 Å². The SMILES string of the molecule is O=C(Nc1ccc(OC(=O)c2cncc(Br)c2)cc1)c1cncc(Br)c1. The second-order valence-electron chi connectivity index (χ2n) is 5.15. The third-order valence-corrected chi connectivity index (χ3v) is 4.10. The van der Waals surface area contributed by atoms with Gasteiger partial charge >= 0.3 is 5.97 Å². The van der Waals surface area contributed by atoms with E-state index in [1.165, 1.54) is 12.4 Å². The Morgan fingerprint density at radius 3 is 2.04 bits per heavy atom. The number of hydrogen-bond acceptors (Lipinski definition) is 5. The summed E-state index contributed by atoms with van der Waals surface area (Å²) in [7, 11) is 0. The van der Waals surface area contributed by atoms with Crippen LogP contribution in [0.4, 0.5) is 5.69 Å². The lowest BCUT2D eigenvalue weighted by atomic mass is 10.2. The largest absolute Gasteiger partial charge is 0.423 e. The van der Waals surface area contributed by atoms with Gasteiger partial charge in [-0.3, -0.25) is 14.8 Å². The van der Waals surface area contributed by atoms with Gasteiger partial charge < -0.3 is 10.1 Å². The van der Waals surface area contributed by atoms with E-state index in [2.05, 4.69) is 47.1 Å². The molecule has 0 saturated carbocycles. The van der Waals surface area contributed by atoms with Crippen molar-refractivity contribution in [3.05, 3.63) is 81.3 Å². The fraction of sp³-hybridized carbons (Fsp3) is 0. The highest BCUT2D eigenvalue weighted by Gasteiger charge is 2.11. The maximum absolute atomic E-state index is 12.2. The number of nitrogens with one attached hydrogen (secondary N) is 1. The van der Waals surface area contributed by atoms with E-state index in [9.17, 15) is 9.59 Å². The predicted octanol–water partition coefficient (Wildman–Crippen LogP) is 4.47. The van der Waals surface area contributed by atoms with Gasteiger partial charge in [-0.2, -0.15) is 0 Å². The van der Waals surface area contributed by atoms with Crippen molar-refractivity contribution in [3.8, 4) is 5.75 Å². The Kier molecular flexibility index (Phi) is 5.75. The summed E-state index contributed by atoms with van der Waals surface area (Å²) in [4.78, 5) is 32.1. The lowest BCUT2D eigenvalue weighted by Gasteiger charge is -2.07. The molecule has 0 fully saturated rings. The Balaban J connectivity index is 1.65. The summed E-state index contributed by atoms with van der Waals surface area (Å²) in [6.45, 7) is 0. The van der Waals surface area contributed by atoms with Gasteiger partial charge in [0.2, 0.25) is 0 Å². The molecule has 3 rings (SSSR count). The molecule has 0 aliphatic rings. The molecule has 8 heteroatoms. The highest BCUT2D eigenvalue weighted by atomic mass is 79.9. The van der Waals surface area contributed by atoms with Crippen molar-refractivity contribution in [1.82, 2.24) is 9.97 Å². The van der Waals surface area contributed by atoms with Crippen molar-refractivity contribution in [2.45, 2.75) is 0 Å². The lowest BCUT2D eigenvalue weighted by molar-refractivity contribution is 0.0734. The number of carbonyl (C=O) groups is 2. The first-order valence-electron chi connectivity index (χ1n) is 7.36. The van der Waals surface area contributed by atoms with E-state index in [1.54, 1.807) is 48.8 Å². The average molecular weight is 477 g/mol. The smallest absolute Gasteiger partial charge is 0.345 e. The summed E-state index contributed by atoms with van der Waals surface area (Å²) >= 11 is 6.53. The van der Waals surface area contributed by atoms with Gasteiger partial charge in [-0.1, -0.05) is 0 Å². The van der Waals surface area contributed by atoms with E-state index in [0.717, 1.165) is 4.47 Å². The van der Waals surface area contributed by atoms with Crippen LogP contribution in [-0.2, 0) is 0 Å². The molecule has 0 aliphatic heterocycles. The van der Waals surface area contributed by atoms with Crippen LogP contribution in [0.25, 0.3) is 0 Å². The Labute approximate surface area is 165 Å². The van der Waals surface area contributed by atoms with Crippen LogP contribution < -0.4 is 10.1 Å². The van der Waals surface area contributed by atoms with Crippen molar-refractivity contribution in [3.63, 3.8) is 0 Å². The molecule has 0 spiro atoms. The molecule has 0 atom stereocenters. The van der Waals surface area contributed by atoms with Crippen LogP contribution >= 0.6 is 31.9 Å². The van der Waals surface area contributed by atoms with Crippen molar-refractivity contribution in [2.24, 2.45) is 0 Å². The van der Waals surface area contributed by atoms with Crippen molar-refractivity contribution < 1.29 is 14.3 Å². The van der Waals surface area contributed by atoms with E-state index >= 15 is 0 Å². The number of rotatable bonds is 4. The minimum Gasteiger partial charge on any atom is -0.423 e. The molecule has 0 aliphatic carbocycles. The normalized spacial score (nSPS) is 10.2. The molecule has 1 N–H and O–H groups in total. The van der Waals surface area contributed by atoms with Crippen LogP contribution in [0.2, 0.25) is 0 Å². The van der Waals surface area contributed by atoms with Crippen LogP contribution in [0.15, 0.2) is 70.1 Å². The first-order chi connectivity index (χ1) is 12.5. The van der Waals surface area contributed by atoms with Gasteiger partial charge in [-0.25, -0.2) is 4.79 Å². The van der Waals surface area contributed by atoms with Gasteiger partial charge in [0.05, 0.1) is 11.1 Å². The number of halogens is 2. The number of anilines is 1. The monoisotopic (exact) mass is 475 g/mol. The van der Waals surface area contributed by atoms with Crippen LogP contribution in [0.1, 0.15) is 20.7 Å². The third kappa shape index (κ3) is 4.74. The number of benzene rings is 1. The Bertz CT molecular complexity index is 883. The summed E-state index contributed by atoms with van der Waals surface area (Å²) in [6, 6.07) is 9.77. The van der Waals surface area contributed by atoms with Gasteiger partial charge in [0, 0.05) is 39.4 Å². The standard InChI is InChI=1S/C18H11Br2N3O3/c19-13-5-11(7-21-9-13)17(24)23-15-1-3-16(4-2-15)26-18(25)12-6-14(20)10-22-8-12/h1-10H,(H,23,24). The molecule has 2 aromatic heterocycles.